The molecule has 1 amide bonds. The van der Waals surface area contributed by atoms with Crippen LogP contribution in [0.5, 0.6) is 11.5 Å². The summed E-state index contributed by atoms with van der Waals surface area (Å²) in [7, 11) is 0. The molecule has 0 spiro atoms. The minimum atomic E-state index is -0.239. The van der Waals surface area contributed by atoms with Crippen LogP contribution in [-0.4, -0.2) is 30.4 Å². The van der Waals surface area contributed by atoms with Crippen molar-refractivity contribution in [2.75, 3.05) is 18.1 Å². The Morgan fingerprint density at radius 2 is 1.86 bits per heavy atom. The van der Waals surface area contributed by atoms with E-state index >= 15 is 0 Å². The molecule has 0 bridgehead atoms. The first-order valence-electron chi connectivity index (χ1n) is 9.83. The molecule has 0 N–H and O–H groups in total. The number of fused-ring (bicyclic) bond motifs is 1. The van der Waals surface area contributed by atoms with E-state index in [0.717, 1.165) is 29.0 Å². The Morgan fingerprint density at radius 1 is 1.11 bits per heavy atom. The van der Waals surface area contributed by atoms with E-state index in [1.54, 1.807) is 0 Å². The van der Waals surface area contributed by atoms with Crippen LogP contribution in [0.3, 0.4) is 0 Å². The van der Waals surface area contributed by atoms with Gasteiger partial charge in [0.25, 0.3) is 5.91 Å². The van der Waals surface area contributed by atoms with E-state index in [-0.39, 0.29) is 11.4 Å². The van der Waals surface area contributed by atoms with Gasteiger partial charge in [-0.2, -0.15) is 0 Å². The van der Waals surface area contributed by atoms with E-state index in [4.69, 9.17) is 14.5 Å². The van der Waals surface area contributed by atoms with Crippen LogP contribution in [0.2, 0.25) is 0 Å². The number of benzene rings is 2. The van der Waals surface area contributed by atoms with E-state index in [0.29, 0.717) is 36.3 Å². The number of carbonyl (C=O) groups excluding carboxylic acids is 1. The van der Waals surface area contributed by atoms with Crippen LogP contribution in [0, 0.1) is 6.92 Å². The minimum absolute atomic E-state index is 0.0198. The maximum Gasteiger partial charge on any atom is 0.278 e. The first kappa shape index (κ1) is 17.3. The molecule has 1 atom stereocenters. The molecule has 5 rings (SSSR count). The molecule has 0 unspecified atom stereocenters. The van der Waals surface area contributed by atoms with Gasteiger partial charge in [-0.3, -0.25) is 4.79 Å². The van der Waals surface area contributed by atoms with Crippen molar-refractivity contribution in [1.29, 1.82) is 0 Å². The van der Waals surface area contributed by atoms with Crippen LogP contribution in [-0.2, 0) is 4.79 Å². The Labute approximate surface area is 165 Å². The second kappa shape index (κ2) is 5.84. The van der Waals surface area contributed by atoms with Gasteiger partial charge in [0, 0.05) is 17.2 Å². The molecule has 5 nitrogen and oxygen atoms in total. The summed E-state index contributed by atoms with van der Waals surface area (Å²) in [4.78, 5) is 20.2. The third-order valence-corrected chi connectivity index (χ3v) is 5.88. The van der Waals surface area contributed by atoms with Crippen molar-refractivity contribution < 1.29 is 14.3 Å². The Balaban J connectivity index is 1.68. The smallest absolute Gasteiger partial charge is 0.278 e. The van der Waals surface area contributed by atoms with Crippen molar-refractivity contribution in [1.82, 2.24) is 0 Å². The number of aryl methyl sites for hydroxylation is 1. The maximum absolute atomic E-state index is 13.4. The maximum atomic E-state index is 13.4. The van der Waals surface area contributed by atoms with E-state index in [9.17, 15) is 4.79 Å². The summed E-state index contributed by atoms with van der Waals surface area (Å²) in [6, 6.07) is 9.88. The highest BCUT2D eigenvalue weighted by atomic mass is 16.6. The fourth-order valence-corrected chi connectivity index (χ4v) is 4.80. The molecule has 0 radical (unpaired) electrons. The summed E-state index contributed by atoms with van der Waals surface area (Å²) in [5.74, 6) is 1.79. The van der Waals surface area contributed by atoms with Gasteiger partial charge in [0.15, 0.2) is 11.5 Å². The fourth-order valence-electron chi connectivity index (χ4n) is 4.80. The summed E-state index contributed by atoms with van der Waals surface area (Å²) in [5, 5.41) is 0. The summed E-state index contributed by atoms with van der Waals surface area (Å²) in [6.45, 7) is 9.68. The first-order chi connectivity index (χ1) is 13.3. The molecular weight excluding hydrogens is 352 g/mol. The number of ether oxygens (including phenoxy) is 2. The van der Waals surface area contributed by atoms with E-state index < -0.39 is 0 Å². The lowest BCUT2D eigenvalue weighted by Crippen LogP contribution is -2.50. The molecule has 0 aromatic heterocycles. The molecule has 0 saturated heterocycles. The Bertz CT molecular complexity index is 1040. The minimum Gasteiger partial charge on any atom is -0.486 e. The third-order valence-electron chi connectivity index (χ3n) is 5.88. The first-order valence-corrected chi connectivity index (χ1v) is 9.83. The lowest BCUT2D eigenvalue weighted by molar-refractivity contribution is -0.113. The van der Waals surface area contributed by atoms with Gasteiger partial charge in [-0.1, -0.05) is 18.6 Å². The number of rotatable bonds is 1. The SMILES string of the molecule is Cc1cc2c3c(c1)[C@@H](C)CC(C)(C)N3C(=O)C2=Nc1ccc2c(c1)OCCO2. The second-order valence-corrected chi connectivity index (χ2v) is 8.60. The predicted molar refractivity (Wildman–Crippen MR) is 109 cm³/mol. The molecule has 3 aliphatic heterocycles. The number of nitrogens with zero attached hydrogens (tertiary/aromatic N) is 2. The van der Waals surface area contributed by atoms with Gasteiger partial charge < -0.3 is 14.4 Å². The van der Waals surface area contributed by atoms with Gasteiger partial charge in [-0.15, -0.1) is 0 Å². The fraction of sp³-hybridized carbons (Fsp3) is 0.391. The van der Waals surface area contributed by atoms with Crippen molar-refractivity contribution in [3.8, 4) is 11.5 Å². The summed E-state index contributed by atoms with van der Waals surface area (Å²) in [6.07, 6.45) is 0.936. The molecule has 3 aliphatic rings. The van der Waals surface area contributed by atoms with Crippen LogP contribution in [0.4, 0.5) is 11.4 Å². The van der Waals surface area contributed by atoms with Crippen LogP contribution in [0.15, 0.2) is 35.3 Å². The molecule has 28 heavy (non-hydrogen) atoms. The molecular formula is C23H24N2O3. The number of hydrogen-bond acceptors (Lipinski definition) is 4. The number of aliphatic imine (C=N–C) groups is 1. The predicted octanol–water partition coefficient (Wildman–Crippen LogP) is 4.52. The quantitative estimate of drug-likeness (QED) is 0.735. The van der Waals surface area contributed by atoms with Gasteiger partial charge in [0.1, 0.15) is 18.9 Å². The molecule has 0 aliphatic carbocycles. The van der Waals surface area contributed by atoms with Crippen molar-refractivity contribution in [2.24, 2.45) is 4.99 Å². The molecule has 2 aromatic carbocycles. The van der Waals surface area contributed by atoms with E-state index in [1.807, 2.05) is 23.1 Å². The Kier molecular flexibility index (Phi) is 3.60. The zero-order valence-corrected chi connectivity index (χ0v) is 16.7. The Morgan fingerprint density at radius 3 is 2.64 bits per heavy atom. The van der Waals surface area contributed by atoms with Crippen molar-refractivity contribution in [3.63, 3.8) is 0 Å². The standard InChI is InChI=1S/C23H24N2O3/c1-13-9-16-14(2)12-23(3,4)25-21(16)17(10-13)20(22(25)26)24-15-5-6-18-19(11-15)28-8-7-27-18/h5-6,9-11,14H,7-8,12H2,1-4H3/t14-/m0/s1. The van der Waals surface area contributed by atoms with Gasteiger partial charge >= 0.3 is 0 Å². The summed E-state index contributed by atoms with van der Waals surface area (Å²) >= 11 is 0. The molecule has 3 heterocycles. The average Bonchev–Trinajstić information content (AvgIpc) is 2.92. The normalized spacial score (nSPS) is 23.1. The molecule has 0 saturated carbocycles. The molecule has 0 fully saturated rings. The van der Waals surface area contributed by atoms with Gasteiger partial charge in [0.2, 0.25) is 0 Å². The Hall–Kier alpha value is -2.82. The van der Waals surface area contributed by atoms with Gasteiger partial charge in [-0.05, 0) is 56.9 Å². The highest BCUT2D eigenvalue weighted by molar-refractivity contribution is 6.55. The number of anilines is 1. The summed E-state index contributed by atoms with van der Waals surface area (Å²) in [5.41, 5.74) is 5.36. The monoisotopic (exact) mass is 376 g/mol. The van der Waals surface area contributed by atoms with Crippen molar-refractivity contribution in [3.05, 3.63) is 47.0 Å². The number of amides is 1. The van der Waals surface area contributed by atoms with Crippen molar-refractivity contribution >= 4 is 23.0 Å². The third kappa shape index (κ3) is 2.45. The van der Waals surface area contributed by atoms with Crippen LogP contribution in [0.25, 0.3) is 0 Å². The highest BCUT2D eigenvalue weighted by Crippen LogP contribution is 2.49. The zero-order valence-electron chi connectivity index (χ0n) is 16.7. The summed E-state index contributed by atoms with van der Waals surface area (Å²) < 4.78 is 11.3. The van der Waals surface area contributed by atoms with E-state index in [1.165, 1.54) is 5.56 Å². The van der Waals surface area contributed by atoms with E-state index in [2.05, 4.69) is 39.8 Å². The van der Waals surface area contributed by atoms with Crippen LogP contribution in [0.1, 0.15) is 49.8 Å². The molecule has 5 heteroatoms. The largest absolute Gasteiger partial charge is 0.486 e. The van der Waals surface area contributed by atoms with Crippen LogP contribution >= 0.6 is 0 Å². The number of carbonyl (C=O) groups is 1. The molecule has 2 aromatic rings. The van der Waals surface area contributed by atoms with Gasteiger partial charge in [0.05, 0.1) is 11.4 Å². The average molecular weight is 376 g/mol. The number of hydrogen-bond donors (Lipinski definition) is 0. The highest BCUT2D eigenvalue weighted by Gasteiger charge is 2.48. The lowest BCUT2D eigenvalue weighted by atomic mass is 9.80. The molecule has 144 valence electrons. The van der Waals surface area contributed by atoms with Gasteiger partial charge in [-0.25, -0.2) is 4.99 Å². The second-order valence-electron chi connectivity index (χ2n) is 8.60. The van der Waals surface area contributed by atoms with Crippen molar-refractivity contribution in [2.45, 2.75) is 45.6 Å². The zero-order chi connectivity index (χ0) is 19.6. The van der Waals surface area contributed by atoms with Crippen LogP contribution < -0.4 is 14.4 Å². The topological polar surface area (TPSA) is 51.1 Å². The lowest BCUT2D eigenvalue weighted by Gasteiger charge is -2.43.